The van der Waals surface area contributed by atoms with Crippen LogP contribution in [0.3, 0.4) is 0 Å². The minimum Gasteiger partial charge on any atom is -0.330 e. The minimum atomic E-state index is 0.525. The Morgan fingerprint density at radius 3 is 2.41 bits per heavy atom. The molecule has 1 heterocycles. The molecule has 0 aromatic heterocycles. The molecule has 2 heteroatoms. The number of rotatable bonds is 4. The maximum absolute atomic E-state index is 5.79. The molecule has 0 bridgehead atoms. The molecule has 1 atom stereocenters. The summed E-state index contributed by atoms with van der Waals surface area (Å²) in [6.45, 7) is 5.28. The van der Waals surface area contributed by atoms with Crippen molar-refractivity contribution in [3.63, 3.8) is 0 Å². The quantitative estimate of drug-likeness (QED) is 0.837. The molecule has 1 saturated heterocycles. The van der Waals surface area contributed by atoms with Crippen LogP contribution in [-0.4, -0.2) is 19.6 Å². The van der Waals surface area contributed by atoms with Gasteiger partial charge in [0.2, 0.25) is 0 Å². The van der Waals surface area contributed by atoms with Crippen molar-refractivity contribution in [2.75, 3.05) is 19.6 Å². The lowest BCUT2D eigenvalue weighted by molar-refractivity contribution is 0.460. The molecule has 1 aliphatic rings. The first kappa shape index (κ1) is 12.6. The largest absolute Gasteiger partial charge is 0.330 e. The second-order valence-corrected chi connectivity index (χ2v) is 5.03. The fraction of sp³-hybridized carbons (Fsp3) is 0.600. The van der Waals surface area contributed by atoms with Crippen LogP contribution in [0.5, 0.6) is 0 Å². The van der Waals surface area contributed by atoms with E-state index in [0.29, 0.717) is 5.92 Å². The van der Waals surface area contributed by atoms with E-state index in [9.17, 15) is 0 Å². The normalized spacial score (nSPS) is 19.2. The molecule has 17 heavy (non-hydrogen) atoms. The zero-order chi connectivity index (χ0) is 12.1. The van der Waals surface area contributed by atoms with E-state index in [2.05, 4.69) is 36.5 Å². The summed E-state index contributed by atoms with van der Waals surface area (Å²) in [5.74, 6) is 1.28. The van der Waals surface area contributed by atoms with Gasteiger partial charge in [-0.25, -0.2) is 0 Å². The standard InChI is InChI=1S/C15H24N2/c1-2-12(11-16)13-3-5-14(6-4-13)15-7-9-17-10-8-15/h3-6,12,15,17H,2,7-11,16H2,1H3. The second-order valence-electron chi connectivity index (χ2n) is 5.03. The summed E-state index contributed by atoms with van der Waals surface area (Å²) in [6.07, 6.45) is 3.67. The number of nitrogens with one attached hydrogen (secondary N) is 1. The predicted molar refractivity (Wildman–Crippen MR) is 73.4 cm³/mol. The Morgan fingerprint density at radius 1 is 1.24 bits per heavy atom. The summed E-state index contributed by atoms with van der Waals surface area (Å²) < 4.78 is 0. The Balaban J connectivity index is 2.06. The predicted octanol–water partition coefficient (Wildman–Crippen LogP) is 2.61. The van der Waals surface area contributed by atoms with E-state index in [0.717, 1.165) is 32.0 Å². The third kappa shape index (κ3) is 3.08. The number of hydrogen-bond donors (Lipinski definition) is 2. The van der Waals surface area contributed by atoms with Crippen molar-refractivity contribution in [1.29, 1.82) is 0 Å². The van der Waals surface area contributed by atoms with Crippen LogP contribution in [0, 0.1) is 0 Å². The molecule has 1 aromatic rings. The van der Waals surface area contributed by atoms with Gasteiger partial charge >= 0.3 is 0 Å². The van der Waals surface area contributed by atoms with Gasteiger partial charge in [-0.15, -0.1) is 0 Å². The van der Waals surface area contributed by atoms with Crippen LogP contribution in [-0.2, 0) is 0 Å². The third-order valence-corrected chi connectivity index (χ3v) is 4.00. The molecule has 0 saturated carbocycles. The van der Waals surface area contributed by atoms with Gasteiger partial charge in [0.15, 0.2) is 0 Å². The average Bonchev–Trinajstić information content (AvgIpc) is 2.42. The zero-order valence-corrected chi connectivity index (χ0v) is 10.8. The van der Waals surface area contributed by atoms with Crippen molar-refractivity contribution >= 4 is 0 Å². The summed E-state index contributed by atoms with van der Waals surface area (Å²) in [5, 5.41) is 3.42. The first-order valence-corrected chi connectivity index (χ1v) is 6.85. The van der Waals surface area contributed by atoms with E-state index in [1.807, 2.05) is 0 Å². The lowest BCUT2D eigenvalue weighted by atomic mass is 9.88. The van der Waals surface area contributed by atoms with E-state index >= 15 is 0 Å². The molecule has 1 aliphatic heterocycles. The highest BCUT2D eigenvalue weighted by atomic mass is 14.9. The first-order valence-electron chi connectivity index (χ1n) is 6.85. The maximum Gasteiger partial charge on any atom is -0.000834 e. The van der Waals surface area contributed by atoms with Crippen LogP contribution in [0.15, 0.2) is 24.3 Å². The first-order chi connectivity index (χ1) is 8.35. The van der Waals surface area contributed by atoms with Crippen LogP contribution in [0.2, 0.25) is 0 Å². The smallest absolute Gasteiger partial charge is 0.000834 e. The highest BCUT2D eigenvalue weighted by molar-refractivity contribution is 5.28. The van der Waals surface area contributed by atoms with Crippen molar-refractivity contribution in [2.24, 2.45) is 5.73 Å². The molecule has 94 valence electrons. The number of hydrogen-bond acceptors (Lipinski definition) is 2. The van der Waals surface area contributed by atoms with Gasteiger partial charge in [0.1, 0.15) is 0 Å². The van der Waals surface area contributed by atoms with Crippen molar-refractivity contribution in [2.45, 2.75) is 38.0 Å². The number of nitrogens with two attached hydrogens (primary N) is 1. The molecule has 0 amide bonds. The Bertz CT molecular complexity index is 321. The van der Waals surface area contributed by atoms with Gasteiger partial charge in [-0.3, -0.25) is 0 Å². The Morgan fingerprint density at radius 2 is 1.88 bits per heavy atom. The number of piperidine rings is 1. The summed E-state index contributed by atoms with van der Waals surface area (Å²) in [4.78, 5) is 0. The summed E-state index contributed by atoms with van der Waals surface area (Å²) in [6, 6.07) is 9.17. The molecule has 1 aromatic carbocycles. The summed E-state index contributed by atoms with van der Waals surface area (Å²) >= 11 is 0. The fourth-order valence-electron chi connectivity index (χ4n) is 2.73. The van der Waals surface area contributed by atoms with E-state index < -0.39 is 0 Å². The van der Waals surface area contributed by atoms with Crippen molar-refractivity contribution in [3.8, 4) is 0 Å². The maximum atomic E-state index is 5.79. The molecule has 0 radical (unpaired) electrons. The van der Waals surface area contributed by atoms with Crippen LogP contribution in [0.25, 0.3) is 0 Å². The number of benzene rings is 1. The van der Waals surface area contributed by atoms with Gasteiger partial charge < -0.3 is 11.1 Å². The zero-order valence-electron chi connectivity index (χ0n) is 10.8. The van der Waals surface area contributed by atoms with Crippen molar-refractivity contribution in [1.82, 2.24) is 5.32 Å². The van der Waals surface area contributed by atoms with Crippen LogP contribution < -0.4 is 11.1 Å². The van der Waals surface area contributed by atoms with Crippen molar-refractivity contribution in [3.05, 3.63) is 35.4 Å². The van der Waals surface area contributed by atoms with Crippen molar-refractivity contribution < 1.29 is 0 Å². The molecular weight excluding hydrogens is 208 g/mol. The second kappa shape index (κ2) is 6.18. The molecule has 0 aliphatic carbocycles. The molecule has 2 rings (SSSR count). The Hall–Kier alpha value is -0.860. The van der Waals surface area contributed by atoms with Gasteiger partial charge in [-0.05, 0) is 61.9 Å². The Kier molecular flexibility index (Phi) is 4.57. The van der Waals surface area contributed by atoms with Gasteiger partial charge in [0, 0.05) is 0 Å². The van der Waals surface area contributed by atoms with Crippen LogP contribution in [0.4, 0.5) is 0 Å². The topological polar surface area (TPSA) is 38.0 Å². The summed E-state index contributed by atoms with van der Waals surface area (Å²) in [5.41, 5.74) is 8.69. The molecule has 3 N–H and O–H groups in total. The molecule has 2 nitrogen and oxygen atoms in total. The van der Waals surface area contributed by atoms with Gasteiger partial charge in [0.05, 0.1) is 0 Å². The Labute approximate surface area is 105 Å². The minimum absolute atomic E-state index is 0.525. The third-order valence-electron chi connectivity index (χ3n) is 4.00. The highest BCUT2D eigenvalue weighted by Gasteiger charge is 2.15. The van der Waals surface area contributed by atoms with E-state index in [4.69, 9.17) is 5.73 Å². The lowest BCUT2D eigenvalue weighted by Gasteiger charge is -2.23. The molecular formula is C15H24N2. The summed E-state index contributed by atoms with van der Waals surface area (Å²) in [7, 11) is 0. The van der Waals surface area contributed by atoms with Gasteiger partial charge in [0.25, 0.3) is 0 Å². The van der Waals surface area contributed by atoms with Gasteiger partial charge in [-0.1, -0.05) is 31.2 Å². The molecule has 1 unspecified atom stereocenters. The lowest BCUT2D eigenvalue weighted by Crippen LogP contribution is -2.26. The highest BCUT2D eigenvalue weighted by Crippen LogP contribution is 2.27. The fourth-order valence-corrected chi connectivity index (χ4v) is 2.73. The monoisotopic (exact) mass is 232 g/mol. The van der Waals surface area contributed by atoms with Crippen LogP contribution in [0.1, 0.15) is 49.1 Å². The van der Waals surface area contributed by atoms with Crippen LogP contribution >= 0.6 is 0 Å². The van der Waals surface area contributed by atoms with E-state index in [1.165, 1.54) is 24.0 Å². The average molecular weight is 232 g/mol. The van der Waals surface area contributed by atoms with E-state index in [1.54, 1.807) is 0 Å². The molecule has 1 fully saturated rings. The molecule has 0 spiro atoms. The SMILES string of the molecule is CCC(CN)c1ccc(C2CCNCC2)cc1. The van der Waals surface area contributed by atoms with E-state index in [-0.39, 0.29) is 0 Å². The van der Waals surface area contributed by atoms with Gasteiger partial charge in [-0.2, -0.15) is 0 Å².